The Balaban J connectivity index is 1.30. The first kappa shape index (κ1) is 18.9. The summed E-state index contributed by atoms with van der Waals surface area (Å²) < 4.78 is 27.6. The van der Waals surface area contributed by atoms with Gasteiger partial charge in [-0.15, -0.1) is 0 Å². The lowest BCUT2D eigenvalue weighted by atomic mass is 9.97. The van der Waals surface area contributed by atoms with Crippen molar-refractivity contribution in [2.45, 2.75) is 23.8 Å². The van der Waals surface area contributed by atoms with Crippen LogP contribution in [0.25, 0.3) is 22.3 Å². The standard InChI is InChI=1S/C22H21N5O2S/c28-30(29,21-9-8-17(15-24-21)18-5-3-4-12-23-18)27-13-10-16(11-14-27)22-25-19-6-1-2-7-20(19)26-22/h1-9,12,15-16H,10-11,13-14H2,(H,25,26). The molecule has 0 bridgehead atoms. The summed E-state index contributed by atoms with van der Waals surface area (Å²) in [7, 11) is -3.62. The van der Waals surface area contributed by atoms with Crippen LogP contribution in [0.3, 0.4) is 0 Å². The van der Waals surface area contributed by atoms with Crippen molar-refractivity contribution < 1.29 is 8.42 Å². The number of hydrogen-bond acceptors (Lipinski definition) is 5. The highest BCUT2D eigenvalue weighted by molar-refractivity contribution is 7.89. The maximum absolute atomic E-state index is 13.0. The van der Waals surface area contributed by atoms with Crippen LogP contribution in [0.4, 0.5) is 0 Å². The zero-order valence-corrected chi connectivity index (χ0v) is 17.1. The van der Waals surface area contributed by atoms with Gasteiger partial charge in [-0.05, 0) is 49.2 Å². The molecule has 7 nitrogen and oxygen atoms in total. The van der Waals surface area contributed by atoms with Crippen LogP contribution in [0.5, 0.6) is 0 Å². The molecule has 0 unspecified atom stereocenters. The van der Waals surface area contributed by atoms with E-state index in [1.54, 1.807) is 24.5 Å². The molecule has 0 aliphatic carbocycles. The van der Waals surface area contributed by atoms with E-state index >= 15 is 0 Å². The molecular weight excluding hydrogens is 398 g/mol. The highest BCUT2D eigenvalue weighted by Crippen LogP contribution is 2.30. The Morgan fingerprint density at radius 1 is 0.933 bits per heavy atom. The van der Waals surface area contributed by atoms with Crippen molar-refractivity contribution >= 4 is 21.1 Å². The van der Waals surface area contributed by atoms with Crippen molar-refractivity contribution in [3.05, 3.63) is 72.8 Å². The summed E-state index contributed by atoms with van der Waals surface area (Å²) in [6, 6.07) is 16.8. The third-order valence-corrected chi connectivity index (χ3v) is 7.36. The zero-order valence-electron chi connectivity index (χ0n) is 16.3. The quantitative estimate of drug-likeness (QED) is 0.546. The molecule has 0 amide bonds. The van der Waals surface area contributed by atoms with E-state index in [1.807, 2.05) is 42.5 Å². The SMILES string of the molecule is O=S(=O)(c1ccc(-c2ccccn2)cn1)N1CCC(c2nc3ccccc3[nH]2)CC1. The Kier molecular flexibility index (Phi) is 4.80. The van der Waals surface area contributed by atoms with Gasteiger partial charge in [0, 0.05) is 37.0 Å². The van der Waals surface area contributed by atoms with E-state index in [-0.39, 0.29) is 10.9 Å². The normalized spacial score (nSPS) is 16.1. The number of fused-ring (bicyclic) bond motifs is 1. The molecule has 0 radical (unpaired) electrons. The number of H-pyrrole nitrogens is 1. The van der Waals surface area contributed by atoms with Crippen molar-refractivity contribution in [2.24, 2.45) is 0 Å². The fourth-order valence-corrected chi connectivity index (χ4v) is 5.27. The first-order valence-corrected chi connectivity index (χ1v) is 11.4. The molecule has 4 heterocycles. The van der Waals surface area contributed by atoms with Gasteiger partial charge in [0.05, 0.1) is 16.7 Å². The number of pyridine rings is 2. The minimum atomic E-state index is -3.62. The van der Waals surface area contributed by atoms with E-state index in [0.717, 1.165) is 41.0 Å². The van der Waals surface area contributed by atoms with Gasteiger partial charge in [0.2, 0.25) is 0 Å². The number of hydrogen-bond donors (Lipinski definition) is 1. The fourth-order valence-electron chi connectivity index (χ4n) is 3.89. The minimum absolute atomic E-state index is 0.0735. The molecule has 3 aromatic heterocycles. The van der Waals surface area contributed by atoms with Gasteiger partial charge in [-0.3, -0.25) is 4.98 Å². The summed E-state index contributed by atoms with van der Waals surface area (Å²) >= 11 is 0. The molecule has 4 aromatic rings. The second kappa shape index (κ2) is 7.62. The predicted molar refractivity (Wildman–Crippen MR) is 114 cm³/mol. The highest BCUT2D eigenvalue weighted by atomic mass is 32.2. The molecule has 1 saturated heterocycles. The number of aromatic amines is 1. The fraction of sp³-hybridized carbons (Fsp3) is 0.227. The summed E-state index contributed by atoms with van der Waals surface area (Å²) in [5.74, 6) is 1.16. The van der Waals surface area contributed by atoms with Crippen molar-refractivity contribution in [3.8, 4) is 11.3 Å². The van der Waals surface area contributed by atoms with Crippen molar-refractivity contribution in [1.29, 1.82) is 0 Å². The van der Waals surface area contributed by atoms with Crippen LogP contribution in [0.1, 0.15) is 24.6 Å². The van der Waals surface area contributed by atoms with Crippen molar-refractivity contribution in [3.63, 3.8) is 0 Å². The molecule has 1 fully saturated rings. The Hall–Kier alpha value is -3.10. The molecule has 8 heteroatoms. The number of sulfonamides is 1. The highest BCUT2D eigenvalue weighted by Gasteiger charge is 2.31. The largest absolute Gasteiger partial charge is 0.342 e. The number of piperidine rings is 1. The van der Waals surface area contributed by atoms with Gasteiger partial charge in [-0.2, -0.15) is 4.31 Å². The smallest absolute Gasteiger partial charge is 0.260 e. The Bertz CT molecular complexity index is 1230. The molecule has 1 aliphatic rings. The minimum Gasteiger partial charge on any atom is -0.342 e. The molecule has 152 valence electrons. The summed E-state index contributed by atoms with van der Waals surface area (Å²) in [6.07, 6.45) is 4.72. The van der Waals surface area contributed by atoms with E-state index in [2.05, 4.69) is 19.9 Å². The third kappa shape index (κ3) is 3.48. The van der Waals surface area contributed by atoms with E-state index in [0.29, 0.717) is 13.1 Å². The number of nitrogens with one attached hydrogen (secondary N) is 1. The summed E-state index contributed by atoms with van der Waals surface area (Å²) in [5.41, 5.74) is 3.51. The van der Waals surface area contributed by atoms with Crippen LogP contribution >= 0.6 is 0 Å². The molecule has 0 saturated carbocycles. The average Bonchev–Trinajstić information content (AvgIpc) is 3.24. The van der Waals surface area contributed by atoms with Gasteiger partial charge in [0.1, 0.15) is 5.82 Å². The number of imidazole rings is 1. The lowest BCUT2D eigenvalue weighted by molar-refractivity contribution is 0.313. The second-order valence-corrected chi connectivity index (χ2v) is 9.30. The van der Waals surface area contributed by atoms with Crippen LogP contribution < -0.4 is 0 Å². The third-order valence-electron chi connectivity index (χ3n) is 5.55. The summed E-state index contributed by atoms with van der Waals surface area (Å²) in [6.45, 7) is 0.904. The van der Waals surface area contributed by atoms with Gasteiger partial charge in [-0.25, -0.2) is 18.4 Å². The number of aromatic nitrogens is 4. The van der Waals surface area contributed by atoms with Crippen LogP contribution in [-0.2, 0) is 10.0 Å². The average molecular weight is 420 g/mol. The van der Waals surface area contributed by atoms with Crippen LogP contribution in [0.2, 0.25) is 0 Å². The molecule has 1 N–H and O–H groups in total. The number of rotatable bonds is 4. The molecule has 0 spiro atoms. The van der Waals surface area contributed by atoms with Crippen LogP contribution in [-0.4, -0.2) is 45.7 Å². The number of nitrogens with zero attached hydrogens (tertiary/aromatic N) is 4. The van der Waals surface area contributed by atoms with Gasteiger partial charge in [-0.1, -0.05) is 18.2 Å². The Morgan fingerprint density at radius 3 is 2.43 bits per heavy atom. The molecule has 1 aromatic carbocycles. The molecule has 1 aliphatic heterocycles. The van der Waals surface area contributed by atoms with E-state index < -0.39 is 10.0 Å². The second-order valence-electron chi connectivity index (χ2n) is 7.42. The molecular formula is C22H21N5O2S. The Labute approximate surface area is 174 Å². The van der Waals surface area contributed by atoms with Gasteiger partial charge in [0.25, 0.3) is 10.0 Å². The topological polar surface area (TPSA) is 91.8 Å². The number of benzene rings is 1. The molecule has 5 rings (SSSR count). The zero-order chi connectivity index (χ0) is 20.6. The lowest BCUT2D eigenvalue weighted by Crippen LogP contribution is -2.38. The van der Waals surface area contributed by atoms with Crippen molar-refractivity contribution in [2.75, 3.05) is 13.1 Å². The van der Waals surface area contributed by atoms with Gasteiger partial charge in [0.15, 0.2) is 5.03 Å². The first-order valence-electron chi connectivity index (χ1n) is 9.93. The van der Waals surface area contributed by atoms with Gasteiger partial charge < -0.3 is 4.98 Å². The summed E-state index contributed by atoms with van der Waals surface area (Å²) in [4.78, 5) is 16.5. The molecule has 0 atom stereocenters. The predicted octanol–water partition coefficient (Wildman–Crippen LogP) is 3.59. The van der Waals surface area contributed by atoms with Crippen LogP contribution in [0.15, 0.2) is 72.0 Å². The van der Waals surface area contributed by atoms with Crippen LogP contribution in [0, 0.1) is 0 Å². The summed E-state index contributed by atoms with van der Waals surface area (Å²) in [5, 5.41) is 0.0735. The van der Waals surface area contributed by atoms with E-state index in [4.69, 9.17) is 0 Å². The number of para-hydroxylation sites is 2. The van der Waals surface area contributed by atoms with Crippen molar-refractivity contribution in [1.82, 2.24) is 24.2 Å². The lowest BCUT2D eigenvalue weighted by Gasteiger charge is -2.30. The maximum Gasteiger partial charge on any atom is 0.260 e. The van der Waals surface area contributed by atoms with E-state index in [1.165, 1.54) is 4.31 Å². The van der Waals surface area contributed by atoms with Gasteiger partial charge >= 0.3 is 0 Å². The molecule has 30 heavy (non-hydrogen) atoms. The maximum atomic E-state index is 13.0. The monoisotopic (exact) mass is 419 g/mol. The Morgan fingerprint density at radius 2 is 1.73 bits per heavy atom. The van der Waals surface area contributed by atoms with E-state index in [9.17, 15) is 8.42 Å². The first-order chi connectivity index (χ1) is 14.6.